The van der Waals surface area contributed by atoms with E-state index in [1.165, 1.54) is 11.1 Å². The van der Waals surface area contributed by atoms with Gasteiger partial charge in [-0.1, -0.05) is 72.8 Å². The van der Waals surface area contributed by atoms with Gasteiger partial charge < -0.3 is 9.84 Å². The standard InChI is InChI=1S/C23H20O2/c1-25-17-13-10-16(11-14-17)12-15-22-20-8-3-2-6-18(20)19-7-4-5-9-21(19)23(22)24/h2-15,22-24H,1H3/b15-12+. The SMILES string of the molecule is COc1ccc(/C=C/C2c3ccccc3-c3ccccc3C2O)cc1. The van der Waals surface area contributed by atoms with Crippen LogP contribution in [0.2, 0.25) is 0 Å². The van der Waals surface area contributed by atoms with Crippen LogP contribution in [0.4, 0.5) is 0 Å². The van der Waals surface area contributed by atoms with E-state index in [0.29, 0.717) is 0 Å². The maximum atomic E-state index is 11.0. The van der Waals surface area contributed by atoms with Crippen LogP contribution in [0.15, 0.2) is 78.9 Å². The van der Waals surface area contributed by atoms with E-state index in [2.05, 4.69) is 36.4 Å². The van der Waals surface area contributed by atoms with Crippen molar-refractivity contribution in [3.63, 3.8) is 0 Å². The van der Waals surface area contributed by atoms with Crippen LogP contribution in [0.5, 0.6) is 5.75 Å². The van der Waals surface area contributed by atoms with Crippen molar-refractivity contribution in [3.8, 4) is 16.9 Å². The Balaban J connectivity index is 1.73. The molecule has 0 saturated carbocycles. The number of rotatable bonds is 3. The van der Waals surface area contributed by atoms with Crippen LogP contribution in [0.3, 0.4) is 0 Å². The molecule has 0 spiro atoms. The lowest BCUT2D eigenvalue weighted by molar-refractivity contribution is 0.160. The maximum Gasteiger partial charge on any atom is 0.118 e. The highest BCUT2D eigenvalue weighted by Crippen LogP contribution is 2.46. The predicted molar refractivity (Wildman–Crippen MR) is 102 cm³/mol. The van der Waals surface area contributed by atoms with Crippen molar-refractivity contribution in [3.05, 3.63) is 95.6 Å². The van der Waals surface area contributed by atoms with Gasteiger partial charge in [-0.15, -0.1) is 0 Å². The number of aliphatic hydroxyl groups is 1. The Kier molecular flexibility index (Phi) is 4.12. The van der Waals surface area contributed by atoms with Gasteiger partial charge in [0, 0.05) is 5.92 Å². The molecule has 25 heavy (non-hydrogen) atoms. The second-order valence-electron chi connectivity index (χ2n) is 6.28. The quantitative estimate of drug-likeness (QED) is 0.715. The first-order valence-corrected chi connectivity index (χ1v) is 8.46. The normalized spacial score (nSPS) is 18.6. The Labute approximate surface area is 148 Å². The minimum absolute atomic E-state index is 0.0619. The van der Waals surface area contributed by atoms with Gasteiger partial charge in [-0.3, -0.25) is 0 Å². The summed E-state index contributed by atoms with van der Waals surface area (Å²) in [5, 5.41) is 11.0. The molecule has 4 rings (SSSR count). The first-order valence-electron chi connectivity index (χ1n) is 8.46. The van der Waals surface area contributed by atoms with E-state index in [4.69, 9.17) is 4.74 Å². The summed E-state index contributed by atoms with van der Waals surface area (Å²) in [6.07, 6.45) is 3.62. The molecule has 0 amide bonds. The maximum absolute atomic E-state index is 11.0. The van der Waals surface area contributed by atoms with Crippen molar-refractivity contribution in [2.75, 3.05) is 7.11 Å². The molecule has 3 aromatic rings. The number of fused-ring (bicyclic) bond motifs is 3. The summed E-state index contributed by atoms with van der Waals surface area (Å²) in [5.74, 6) is 0.780. The van der Waals surface area contributed by atoms with Crippen molar-refractivity contribution in [2.24, 2.45) is 0 Å². The molecule has 0 heterocycles. The minimum Gasteiger partial charge on any atom is -0.497 e. The van der Waals surface area contributed by atoms with Gasteiger partial charge in [0.25, 0.3) is 0 Å². The third-order valence-corrected chi connectivity index (χ3v) is 4.84. The monoisotopic (exact) mass is 328 g/mol. The molecule has 2 unspecified atom stereocenters. The molecule has 2 atom stereocenters. The molecule has 0 aliphatic heterocycles. The summed E-state index contributed by atoms with van der Waals surface area (Å²) >= 11 is 0. The molecule has 1 aliphatic rings. The third-order valence-electron chi connectivity index (χ3n) is 4.84. The molecule has 0 radical (unpaired) electrons. The Morgan fingerprint density at radius 1 is 0.800 bits per heavy atom. The fraction of sp³-hybridized carbons (Fsp3) is 0.130. The topological polar surface area (TPSA) is 29.5 Å². The number of hydrogen-bond donors (Lipinski definition) is 1. The van der Waals surface area contributed by atoms with Gasteiger partial charge in [0.1, 0.15) is 5.75 Å². The first kappa shape index (κ1) is 15.7. The molecule has 1 N–H and O–H groups in total. The van der Waals surface area contributed by atoms with Crippen molar-refractivity contribution < 1.29 is 9.84 Å². The Morgan fingerprint density at radius 2 is 1.40 bits per heavy atom. The lowest BCUT2D eigenvalue weighted by atomic mass is 9.76. The summed E-state index contributed by atoms with van der Waals surface area (Å²) in [5.41, 5.74) is 5.57. The van der Waals surface area contributed by atoms with Crippen molar-refractivity contribution in [1.29, 1.82) is 0 Å². The summed E-state index contributed by atoms with van der Waals surface area (Å²) in [6, 6.07) is 24.4. The van der Waals surface area contributed by atoms with Crippen molar-refractivity contribution >= 4 is 6.08 Å². The molecule has 0 saturated heterocycles. The Hall–Kier alpha value is -2.84. The molecule has 0 aromatic heterocycles. The number of ether oxygens (including phenoxy) is 1. The molecule has 3 aromatic carbocycles. The van der Waals surface area contributed by atoms with Crippen LogP contribution < -0.4 is 4.74 Å². The van der Waals surface area contributed by atoms with E-state index in [1.54, 1.807) is 7.11 Å². The van der Waals surface area contributed by atoms with Gasteiger partial charge in [-0.25, -0.2) is 0 Å². The largest absolute Gasteiger partial charge is 0.497 e. The molecule has 0 bridgehead atoms. The molecule has 1 aliphatic carbocycles. The second-order valence-corrected chi connectivity index (χ2v) is 6.28. The molecular weight excluding hydrogens is 308 g/mol. The number of benzene rings is 3. The van der Waals surface area contributed by atoms with Gasteiger partial charge in [0.05, 0.1) is 13.2 Å². The summed E-state index contributed by atoms with van der Waals surface area (Å²) in [6.45, 7) is 0. The van der Waals surface area contributed by atoms with Gasteiger partial charge in [0.15, 0.2) is 0 Å². The second kappa shape index (κ2) is 6.58. The van der Waals surface area contributed by atoms with Crippen molar-refractivity contribution in [1.82, 2.24) is 0 Å². The van der Waals surface area contributed by atoms with Crippen LogP contribution in [0.1, 0.15) is 28.7 Å². The van der Waals surface area contributed by atoms with E-state index in [1.807, 2.05) is 48.5 Å². The van der Waals surface area contributed by atoms with Gasteiger partial charge >= 0.3 is 0 Å². The van der Waals surface area contributed by atoms with Crippen LogP contribution in [-0.4, -0.2) is 12.2 Å². The van der Waals surface area contributed by atoms with Crippen LogP contribution in [-0.2, 0) is 0 Å². The van der Waals surface area contributed by atoms with E-state index < -0.39 is 6.10 Å². The van der Waals surface area contributed by atoms with E-state index >= 15 is 0 Å². The van der Waals surface area contributed by atoms with E-state index in [0.717, 1.165) is 22.4 Å². The smallest absolute Gasteiger partial charge is 0.118 e. The lowest BCUT2D eigenvalue weighted by Crippen LogP contribution is -2.15. The zero-order valence-electron chi connectivity index (χ0n) is 14.1. The molecule has 0 fully saturated rings. The molecule has 124 valence electrons. The Morgan fingerprint density at radius 3 is 2.08 bits per heavy atom. The van der Waals surface area contributed by atoms with Gasteiger partial charge in [-0.2, -0.15) is 0 Å². The first-order chi connectivity index (χ1) is 12.3. The fourth-order valence-corrected chi connectivity index (χ4v) is 3.54. The van der Waals surface area contributed by atoms with E-state index in [9.17, 15) is 5.11 Å². The number of aliphatic hydroxyl groups excluding tert-OH is 1. The average molecular weight is 328 g/mol. The number of hydrogen-bond acceptors (Lipinski definition) is 2. The summed E-state index contributed by atoms with van der Waals surface area (Å²) in [7, 11) is 1.66. The minimum atomic E-state index is -0.541. The predicted octanol–water partition coefficient (Wildman–Crippen LogP) is 5.21. The van der Waals surface area contributed by atoms with E-state index in [-0.39, 0.29) is 5.92 Å². The van der Waals surface area contributed by atoms with Gasteiger partial charge in [-0.05, 0) is 39.9 Å². The molecule has 2 nitrogen and oxygen atoms in total. The third kappa shape index (κ3) is 2.86. The number of methoxy groups -OCH3 is 1. The molecule has 2 heteroatoms. The van der Waals surface area contributed by atoms with Gasteiger partial charge in [0.2, 0.25) is 0 Å². The summed E-state index contributed by atoms with van der Waals surface area (Å²) in [4.78, 5) is 0. The Bertz CT molecular complexity index is 909. The van der Waals surface area contributed by atoms with Crippen molar-refractivity contribution in [2.45, 2.75) is 12.0 Å². The average Bonchev–Trinajstić information content (AvgIpc) is 2.68. The van der Waals surface area contributed by atoms with Crippen LogP contribution in [0, 0.1) is 0 Å². The zero-order chi connectivity index (χ0) is 17.2. The zero-order valence-corrected chi connectivity index (χ0v) is 14.1. The fourth-order valence-electron chi connectivity index (χ4n) is 3.54. The molecular formula is C23H20O2. The highest BCUT2D eigenvalue weighted by Gasteiger charge is 2.30. The van der Waals surface area contributed by atoms with Crippen LogP contribution in [0.25, 0.3) is 17.2 Å². The highest BCUT2D eigenvalue weighted by molar-refractivity contribution is 5.75. The summed E-state index contributed by atoms with van der Waals surface area (Å²) < 4.78 is 5.20. The van der Waals surface area contributed by atoms with Crippen LogP contribution >= 0.6 is 0 Å². The highest BCUT2D eigenvalue weighted by atomic mass is 16.5. The lowest BCUT2D eigenvalue weighted by Gasteiger charge is -2.30.